The van der Waals surface area contributed by atoms with E-state index in [1.165, 1.54) is 16.8 Å². The Hall–Kier alpha value is -1.61. The fourth-order valence-corrected chi connectivity index (χ4v) is 2.18. The largest absolute Gasteiger partial charge is 0.363 e. The van der Waals surface area contributed by atoms with Gasteiger partial charge in [0.15, 0.2) is 0 Å². The summed E-state index contributed by atoms with van der Waals surface area (Å²) in [4.78, 5) is 10.1. The Morgan fingerprint density at radius 1 is 1.33 bits per heavy atom. The van der Waals surface area contributed by atoms with Crippen LogP contribution < -0.4 is 0 Å². The van der Waals surface area contributed by atoms with E-state index in [0.29, 0.717) is 0 Å². The van der Waals surface area contributed by atoms with Crippen molar-refractivity contribution in [1.29, 1.82) is 0 Å². The first-order valence-corrected chi connectivity index (χ1v) is 5.13. The fourth-order valence-electron chi connectivity index (χ4n) is 2.18. The minimum Gasteiger partial charge on any atom is -0.363 e. The van der Waals surface area contributed by atoms with Crippen LogP contribution in [0.5, 0.6) is 0 Å². The number of hydrogen-bond donors (Lipinski definition) is 1. The van der Waals surface area contributed by atoms with Gasteiger partial charge in [0.1, 0.15) is 0 Å². The van der Waals surface area contributed by atoms with Crippen LogP contribution in [0, 0.1) is 0 Å². The molecule has 76 valence electrons. The normalized spacial score (nSPS) is 15.5. The summed E-state index contributed by atoms with van der Waals surface area (Å²) < 4.78 is 0. The molecule has 0 spiro atoms. The van der Waals surface area contributed by atoms with Gasteiger partial charge >= 0.3 is 0 Å². The van der Waals surface area contributed by atoms with Crippen LogP contribution >= 0.6 is 0 Å². The minimum absolute atomic E-state index is 0.957. The Bertz CT molecular complexity index is 487. The van der Waals surface area contributed by atoms with Gasteiger partial charge in [-0.05, 0) is 24.7 Å². The monoisotopic (exact) mass is 199 g/mol. The zero-order valence-corrected chi connectivity index (χ0v) is 8.70. The number of H-pyrrole nitrogens is 1. The summed E-state index contributed by atoms with van der Waals surface area (Å²) in [7, 11) is 2.13. The van der Waals surface area contributed by atoms with E-state index in [1.807, 2.05) is 18.5 Å². The van der Waals surface area contributed by atoms with Crippen LogP contribution in [0.15, 0.2) is 30.6 Å². The van der Waals surface area contributed by atoms with Crippen molar-refractivity contribution in [3.05, 3.63) is 41.9 Å². The number of pyridine rings is 1. The summed E-state index contributed by atoms with van der Waals surface area (Å²) in [6, 6.07) is 6.27. The van der Waals surface area contributed by atoms with Crippen LogP contribution in [-0.4, -0.2) is 21.9 Å². The molecular weight excluding hydrogens is 186 g/mol. The highest BCUT2D eigenvalue weighted by Crippen LogP contribution is 2.29. The molecule has 0 atom stereocenters. The molecule has 0 saturated heterocycles. The molecule has 2 aromatic rings. The minimum atomic E-state index is 0.957. The van der Waals surface area contributed by atoms with Crippen molar-refractivity contribution in [2.45, 2.75) is 13.1 Å². The molecule has 2 aromatic heterocycles. The summed E-state index contributed by atoms with van der Waals surface area (Å²) >= 11 is 0. The van der Waals surface area contributed by atoms with Crippen molar-refractivity contribution >= 4 is 0 Å². The third-order valence-corrected chi connectivity index (χ3v) is 2.85. The lowest BCUT2D eigenvalue weighted by atomic mass is 10.1. The lowest BCUT2D eigenvalue weighted by Gasteiger charge is -2.13. The zero-order chi connectivity index (χ0) is 10.3. The molecule has 0 amide bonds. The van der Waals surface area contributed by atoms with Crippen LogP contribution in [0.2, 0.25) is 0 Å². The van der Waals surface area contributed by atoms with Crippen LogP contribution in [0.1, 0.15) is 11.3 Å². The summed E-state index contributed by atoms with van der Waals surface area (Å²) in [5.41, 5.74) is 4.93. The third-order valence-electron chi connectivity index (χ3n) is 2.85. The number of nitrogens with zero attached hydrogens (tertiary/aromatic N) is 2. The maximum Gasteiger partial charge on any atom is 0.0765 e. The van der Waals surface area contributed by atoms with Gasteiger partial charge in [-0.1, -0.05) is 6.07 Å². The summed E-state index contributed by atoms with van der Waals surface area (Å²) in [6.07, 6.45) is 3.85. The number of aromatic nitrogens is 2. The van der Waals surface area contributed by atoms with Crippen molar-refractivity contribution in [1.82, 2.24) is 14.9 Å². The highest BCUT2D eigenvalue weighted by Gasteiger charge is 2.18. The molecule has 15 heavy (non-hydrogen) atoms. The third kappa shape index (κ3) is 1.36. The molecule has 1 N–H and O–H groups in total. The molecule has 0 saturated carbocycles. The van der Waals surface area contributed by atoms with Crippen LogP contribution in [0.3, 0.4) is 0 Å². The molecular formula is C12H13N3. The maximum atomic E-state index is 4.48. The first-order chi connectivity index (χ1) is 7.34. The molecule has 3 heteroatoms. The van der Waals surface area contributed by atoms with Crippen molar-refractivity contribution in [2.24, 2.45) is 0 Å². The van der Waals surface area contributed by atoms with E-state index in [0.717, 1.165) is 18.8 Å². The second-order valence-corrected chi connectivity index (χ2v) is 4.05. The Morgan fingerprint density at radius 3 is 3.20 bits per heavy atom. The molecule has 3 rings (SSSR count). The summed E-state index contributed by atoms with van der Waals surface area (Å²) in [5, 5.41) is 0. The van der Waals surface area contributed by atoms with Crippen molar-refractivity contribution in [3.63, 3.8) is 0 Å². The van der Waals surface area contributed by atoms with E-state index in [-0.39, 0.29) is 0 Å². The summed E-state index contributed by atoms with van der Waals surface area (Å²) in [6.45, 7) is 1.92. The van der Waals surface area contributed by atoms with Crippen molar-refractivity contribution in [2.75, 3.05) is 7.05 Å². The molecule has 0 aromatic carbocycles. The Labute approximate surface area is 88.8 Å². The van der Waals surface area contributed by atoms with Gasteiger partial charge < -0.3 is 4.98 Å². The number of fused-ring (bicyclic) bond motifs is 3. The van der Waals surface area contributed by atoms with Crippen molar-refractivity contribution < 1.29 is 0 Å². The first kappa shape index (κ1) is 8.68. The van der Waals surface area contributed by atoms with Gasteiger partial charge in [0.25, 0.3) is 0 Å². The van der Waals surface area contributed by atoms with Crippen LogP contribution in [-0.2, 0) is 13.1 Å². The van der Waals surface area contributed by atoms with Gasteiger partial charge in [-0.15, -0.1) is 0 Å². The maximum absolute atomic E-state index is 4.48. The predicted octanol–water partition coefficient (Wildman–Crippen LogP) is 2.02. The molecule has 0 bridgehead atoms. The van der Waals surface area contributed by atoms with E-state index in [1.54, 1.807) is 0 Å². The lowest BCUT2D eigenvalue weighted by Crippen LogP contribution is -2.15. The van der Waals surface area contributed by atoms with Gasteiger partial charge in [-0.25, -0.2) is 0 Å². The van der Waals surface area contributed by atoms with Crippen molar-refractivity contribution in [3.8, 4) is 11.3 Å². The van der Waals surface area contributed by atoms with E-state index in [2.05, 4.69) is 34.0 Å². The Balaban J connectivity index is 2.25. The van der Waals surface area contributed by atoms with Crippen LogP contribution in [0.25, 0.3) is 11.3 Å². The first-order valence-electron chi connectivity index (χ1n) is 5.13. The number of hydrogen-bond acceptors (Lipinski definition) is 2. The predicted molar refractivity (Wildman–Crippen MR) is 59.2 cm³/mol. The number of rotatable bonds is 0. The molecule has 3 nitrogen and oxygen atoms in total. The topological polar surface area (TPSA) is 31.9 Å². The van der Waals surface area contributed by atoms with Gasteiger partial charge in [0.05, 0.1) is 5.69 Å². The van der Waals surface area contributed by atoms with Crippen LogP contribution in [0.4, 0.5) is 0 Å². The second-order valence-electron chi connectivity index (χ2n) is 4.05. The lowest BCUT2D eigenvalue weighted by molar-refractivity contribution is 0.319. The van der Waals surface area contributed by atoms with Gasteiger partial charge in [-0.2, -0.15) is 0 Å². The quantitative estimate of drug-likeness (QED) is 0.704. The van der Waals surface area contributed by atoms with E-state index in [4.69, 9.17) is 0 Å². The van der Waals surface area contributed by atoms with Gasteiger partial charge in [-0.3, -0.25) is 9.88 Å². The standard InChI is InChI=1S/C12H13N3/c1-15-7-9-3-2-5-14-12(9)10-4-6-13-11(10)8-15/h2-6,13H,7-8H2,1H3. The van der Waals surface area contributed by atoms with E-state index < -0.39 is 0 Å². The highest BCUT2D eigenvalue weighted by molar-refractivity contribution is 5.66. The molecule has 0 aliphatic carbocycles. The molecule has 1 aliphatic rings. The average molecular weight is 199 g/mol. The van der Waals surface area contributed by atoms with Gasteiger partial charge in [0.2, 0.25) is 0 Å². The van der Waals surface area contributed by atoms with Gasteiger partial charge in [0, 0.05) is 36.7 Å². The molecule has 1 aliphatic heterocycles. The molecule has 0 unspecified atom stereocenters. The smallest absolute Gasteiger partial charge is 0.0765 e. The number of nitrogens with one attached hydrogen (secondary N) is 1. The Kier molecular flexibility index (Phi) is 1.86. The second kappa shape index (κ2) is 3.21. The highest BCUT2D eigenvalue weighted by atomic mass is 15.1. The number of aromatic amines is 1. The zero-order valence-electron chi connectivity index (χ0n) is 8.70. The van der Waals surface area contributed by atoms with E-state index in [9.17, 15) is 0 Å². The molecule has 0 radical (unpaired) electrons. The van der Waals surface area contributed by atoms with E-state index >= 15 is 0 Å². The Morgan fingerprint density at radius 2 is 2.27 bits per heavy atom. The average Bonchev–Trinajstić information content (AvgIpc) is 2.62. The molecule has 0 fully saturated rings. The molecule has 3 heterocycles. The summed E-state index contributed by atoms with van der Waals surface area (Å²) in [5.74, 6) is 0. The SMILES string of the molecule is CN1Cc2cccnc2-c2cc[nH]c2C1. The fraction of sp³-hybridized carbons (Fsp3) is 0.250.